The Labute approximate surface area is 131 Å². The number of hydrogen-bond acceptors (Lipinski definition) is 4. The van der Waals surface area contributed by atoms with Crippen LogP contribution in [0.3, 0.4) is 0 Å². The molecule has 3 heterocycles. The van der Waals surface area contributed by atoms with Crippen LogP contribution in [0.2, 0.25) is 0 Å². The summed E-state index contributed by atoms with van der Waals surface area (Å²) < 4.78 is 10.8. The van der Waals surface area contributed by atoms with Crippen LogP contribution in [0.25, 0.3) is 0 Å². The summed E-state index contributed by atoms with van der Waals surface area (Å²) in [5.41, 5.74) is 0. The standard InChI is InChI=1S/C16H26N2O4/c1-17-14-9-18(5-2-13(14)10-22-11-16(17)20)15(19)8-12-3-6-21-7-4-12/h12-14H,2-11H2,1H3/t13-,14-/m0/s1. The van der Waals surface area contributed by atoms with Crippen LogP contribution in [0.5, 0.6) is 0 Å². The lowest BCUT2D eigenvalue weighted by atomic mass is 9.90. The minimum Gasteiger partial charge on any atom is -0.381 e. The second-order valence-corrected chi connectivity index (χ2v) is 6.74. The average Bonchev–Trinajstić information content (AvgIpc) is 2.68. The maximum absolute atomic E-state index is 12.6. The second kappa shape index (κ2) is 6.96. The van der Waals surface area contributed by atoms with Crippen molar-refractivity contribution in [2.24, 2.45) is 11.8 Å². The molecule has 2 atom stereocenters. The molecule has 6 nitrogen and oxygen atoms in total. The van der Waals surface area contributed by atoms with Gasteiger partial charge in [-0.2, -0.15) is 0 Å². The first-order chi connectivity index (χ1) is 10.6. The van der Waals surface area contributed by atoms with Gasteiger partial charge in [-0.1, -0.05) is 0 Å². The number of piperidine rings is 1. The monoisotopic (exact) mass is 310 g/mol. The van der Waals surface area contributed by atoms with Crippen LogP contribution in [0, 0.1) is 11.8 Å². The highest BCUT2D eigenvalue weighted by Crippen LogP contribution is 2.26. The molecule has 3 saturated heterocycles. The number of likely N-dealkylation sites (tertiary alicyclic amines) is 1. The van der Waals surface area contributed by atoms with E-state index < -0.39 is 0 Å². The topological polar surface area (TPSA) is 59.1 Å². The highest BCUT2D eigenvalue weighted by molar-refractivity contribution is 5.79. The van der Waals surface area contributed by atoms with Gasteiger partial charge in [-0.15, -0.1) is 0 Å². The summed E-state index contributed by atoms with van der Waals surface area (Å²) in [4.78, 5) is 28.2. The van der Waals surface area contributed by atoms with E-state index >= 15 is 0 Å². The molecule has 3 rings (SSSR count). The molecule has 3 aliphatic rings. The fourth-order valence-electron chi connectivity index (χ4n) is 3.75. The van der Waals surface area contributed by atoms with Gasteiger partial charge in [0.05, 0.1) is 12.6 Å². The Balaban J connectivity index is 1.58. The van der Waals surface area contributed by atoms with Gasteiger partial charge >= 0.3 is 0 Å². The van der Waals surface area contributed by atoms with E-state index in [1.807, 2.05) is 11.9 Å². The van der Waals surface area contributed by atoms with Crippen molar-refractivity contribution in [1.29, 1.82) is 0 Å². The van der Waals surface area contributed by atoms with Crippen LogP contribution in [0.4, 0.5) is 0 Å². The molecule has 3 fully saturated rings. The zero-order chi connectivity index (χ0) is 15.5. The Bertz CT molecular complexity index is 422. The van der Waals surface area contributed by atoms with Crippen molar-refractivity contribution in [1.82, 2.24) is 9.80 Å². The molecule has 0 aromatic carbocycles. The number of rotatable bonds is 2. The van der Waals surface area contributed by atoms with Crippen molar-refractivity contribution in [3.63, 3.8) is 0 Å². The first-order valence-electron chi connectivity index (χ1n) is 8.34. The molecule has 0 unspecified atom stereocenters. The van der Waals surface area contributed by atoms with E-state index in [1.165, 1.54) is 0 Å². The SMILES string of the molecule is CN1C(=O)COC[C@@H]2CCN(C(=O)CC3CCOCC3)C[C@@H]21. The molecule has 0 saturated carbocycles. The minimum atomic E-state index is 0.0197. The fraction of sp³-hybridized carbons (Fsp3) is 0.875. The largest absolute Gasteiger partial charge is 0.381 e. The first-order valence-corrected chi connectivity index (χ1v) is 8.34. The summed E-state index contributed by atoms with van der Waals surface area (Å²) >= 11 is 0. The van der Waals surface area contributed by atoms with E-state index in [2.05, 4.69) is 0 Å². The predicted octanol–water partition coefficient (Wildman–Crippen LogP) is 0.509. The summed E-state index contributed by atoms with van der Waals surface area (Å²) in [6, 6.07) is 0.0994. The highest BCUT2D eigenvalue weighted by Gasteiger charge is 2.38. The van der Waals surface area contributed by atoms with E-state index in [-0.39, 0.29) is 24.5 Å². The zero-order valence-corrected chi connectivity index (χ0v) is 13.3. The van der Waals surface area contributed by atoms with Crippen LogP contribution < -0.4 is 0 Å². The number of likely N-dealkylation sites (N-methyl/N-ethyl adjacent to an activating group) is 1. The Kier molecular flexibility index (Phi) is 4.98. The van der Waals surface area contributed by atoms with Crippen molar-refractivity contribution in [3.8, 4) is 0 Å². The lowest BCUT2D eigenvalue weighted by Gasteiger charge is -2.41. The van der Waals surface area contributed by atoms with Crippen LogP contribution in [0.15, 0.2) is 0 Å². The number of carbonyl (C=O) groups is 2. The summed E-state index contributed by atoms with van der Waals surface area (Å²) in [5, 5.41) is 0. The van der Waals surface area contributed by atoms with Gasteiger partial charge in [-0.05, 0) is 25.2 Å². The molecule has 0 spiro atoms. The fourth-order valence-corrected chi connectivity index (χ4v) is 3.75. The van der Waals surface area contributed by atoms with Gasteiger partial charge in [0.1, 0.15) is 6.61 Å². The Morgan fingerprint density at radius 2 is 2.00 bits per heavy atom. The third-order valence-corrected chi connectivity index (χ3v) is 5.33. The van der Waals surface area contributed by atoms with Gasteiger partial charge in [0, 0.05) is 45.7 Å². The number of ether oxygens (including phenoxy) is 2. The van der Waals surface area contributed by atoms with Gasteiger partial charge in [-0.3, -0.25) is 9.59 Å². The zero-order valence-electron chi connectivity index (χ0n) is 13.3. The summed E-state index contributed by atoms with van der Waals surface area (Å²) in [6.07, 6.45) is 3.51. The van der Waals surface area contributed by atoms with Gasteiger partial charge in [-0.25, -0.2) is 0 Å². The van der Waals surface area contributed by atoms with Crippen LogP contribution >= 0.6 is 0 Å². The van der Waals surface area contributed by atoms with E-state index in [1.54, 1.807) is 4.90 Å². The highest BCUT2D eigenvalue weighted by atomic mass is 16.5. The van der Waals surface area contributed by atoms with Crippen LogP contribution in [-0.2, 0) is 19.1 Å². The number of hydrogen-bond donors (Lipinski definition) is 0. The number of carbonyl (C=O) groups excluding carboxylic acids is 2. The normalized spacial score (nSPS) is 30.9. The van der Waals surface area contributed by atoms with Crippen LogP contribution in [0.1, 0.15) is 25.7 Å². The molecule has 0 N–H and O–H groups in total. The molecular formula is C16H26N2O4. The number of nitrogens with zero attached hydrogens (tertiary/aromatic N) is 2. The summed E-state index contributed by atoms with van der Waals surface area (Å²) in [5.74, 6) is 1.06. The molecule has 0 bridgehead atoms. The van der Waals surface area contributed by atoms with Gasteiger partial charge < -0.3 is 19.3 Å². The number of fused-ring (bicyclic) bond motifs is 1. The summed E-state index contributed by atoms with van der Waals surface area (Å²) in [6.45, 7) is 3.78. The molecule has 0 aliphatic carbocycles. The van der Waals surface area contributed by atoms with E-state index in [0.29, 0.717) is 31.4 Å². The van der Waals surface area contributed by atoms with Crippen LogP contribution in [-0.4, -0.2) is 74.2 Å². The van der Waals surface area contributed by atoms with E-state index in [4.69, 9.17) is 9.47 Å². The van der Waals surface area contributed by atoms with Gasteiger partial charge in [0.15, 0.2) is 0 Å². The molecule has 2 amide bonds. The predicted molar refractivity (Wildman–Crippen MR) is 80.2 cm³/mol. The van der Waals surface area contributed by atoms with E-state index in [9.17, 15) is 9.59 Å². The maximum Gasteiger partial charge on any atom is 0.248 e. The molecule has 22 heavy (non-hydrogen) atoms. The van der Waals surface area contributed by atoms with Gasteiger partial charge in [0.2, 0.25) is 11.8 Å². The first kappa shape index (κ1) is 15.7. The second-order valence-electron chi connectivity index (χ2n) is 6.74. The molecule has 0 aromatic rings. The maximum atomic E-state index is 12.6. The average molecular weight is 310 g/mol. The van der Waals surface area contributed by atoms with Crippen molar-refractivity contribution in [3.05, 3.63) is 0 Å². The lowest BCUT2D eigenvalue weighted by molar-refractivity contribution is -0.140. The molecule has 3 aliphatic heterocycles. The smallest absolute Gasteiger partial charge is 0.248 e. The Morgan fingerprint density at radius 3 is 2.77 bits per heavy atom. The third-order valence-electron chi connectivity index (χ3n) is 5.33. The molecular weight excluding hydrogens is 284 g/mol. The Hall–Kier alpha value is -1.14. The molecule has 0 aromatic heterocycles. The molecule has 0 radical (unpaired) electrons. The molecule has 124 valence electrons. The van der Waals surface area contributed by atoms with E-state index in [0.717, 1.165) is 39.0 Å². The molecule has 6 heteroatoms. The van der Waals surface area contributed by atoms with Gasteiger partial charge in [0.25, 0.3) is 0 Å². The quantitative estimate of drug-likeness (QED) is 0.746. The minimum absolute atomic E-state index is 0.0197. The van der Waals surface area contributed by atoms with Crippen molar-refractivity contribution in [2.45, 2.75) is 31.7 Å². The van der Waals surface area contributed by atoms with Crippen molar-refractivity contribution in [2.75, 3.05) is 46.6 Å². The summed E-state index contributed by atoms with van der Waals surface area (Å²) in [7, 11) is 1.83. The lowest BCUT2D eigenvalue weighted by Crippen LogP contribution is -2.54. The Morgan fingerprint density at radius 1 is 1.23 bits per heavy atom. The number of amides is 2. The van der Waals surface area contributed by atoms with Crippen molar-refractivity contribution < 1.29 is 19.1 Å². The third kappa shape index (κ3) is 3.43. The van der Waals surface area contributed by atoms with Crippen molar-refractivity contribution >= 4 is 11.8 Å².